The summed E-state index contributed by atoms with van der Waals surface area (Å²) < 4.78 is 16.6. The lowest BCUT2D eigenvalue weighted by atomic mass is 9.73. The Morgan fingerprint density at radius 2 is 1.53 bits per heavy atom. The summed E-state index contributed by atoms with van der Waals surface area (Å²) in [6.07, 6.45) is -0.0242. The molecule has 2 aliphatic rings. The smallest absolute Gasteiger partial charge is 0.481 e. The molecule has 13 unspecified atom stereocenters. The molecule has 5 heterocycles. The van der Waals surface area contributed by atoms with E-state index in [1.54, 1.807) is 39.8 Å². The molecule has 0 radical (unpaired) electrons. The van der Waals surface area contributed by atoms with Crippen LogP contribution in [-0.2, 0) is 68.7 Å². The first-order chi connectivity index (χ1) is 51.9. The Hall–Kier alpha value is -9.70. The minimum Gasteiger partial charge on any atom is -0.481 e. The highest BCUT2D eigenvalue weighted by molar-refractivity contribution is 8.76. The Morgan fingerprint density at radius 1 is 0.855 bits per heavy atom. The van der Waals surface area contributed by atoms with Gasteiger partial charge in [-0.15, -0.1) is 11.3 Å². The number of aromatic nitrogens is 5. The number of hydrogen-bond acceptors (Lipinski definition) is 29. The highest BCUT2D eigenvalue weighted by Gasteiger charge is 2.49. The molecule has 1 aromatic carbocycles. The third-order valence-electron chi connectivity index (χ3n) is 18.5. The second-order valence-electron chi connectivity index (χ2n) is 27.4. The number of aliphatic hydroxyl groups is 2. The number of nitrogens with one attached hydrogen (secondary N) is 5. The van der Waals surface area contributed by atoms with Crippen LogP contribution in [0, 0.1) is 36.0 Å². The number of anilines is 2. The van der Waals surface area contributed by atoms with Crippen LogP contribution in [0.25, 0.3) is 17.2 Å². The molecule has 604 valence electrons. The minimum absolute atomic E-state index is 0.00643. The van der Waals surface area contributed by atoms with Gasteiger partial charge in [0.25, 0.3) is 11.5 Å². The zero-order valence-corrected chi connectivity index (χ0v) is 64.9. The second-order valence-corrected chi connectivity index (χ2v) is 31.1. The van der Waals surface area contributed by atoms with Crippen LogP contribution in [0.15, 0.2) is 51.2 Å². The van der Waals surface area contributed by atoms with Crippen LogP contribution in [0.5, 0.6) is 0 Å². The third-order valence-corrected chi connectivity index (χ3v) is 21.6. The molecule has 6 rings (SSSR count). The summed E-state index contributed by atoms with van der Waals surface area (Å²) in [7, 11) is 2.39. The van der Waals surface area contributed by atoms with E-state index in [2.05, 4.69) is 56.1 Å². The molecule has 17 N–H and O–H groups in total. The third kappa shape index (κ3) is 29.9. The molecule has 110 heavy (non-hydrogen) atoms. The fraction of sp³-hybridized carbons (Fsp3) is 0.577. The topological polar surface area (TPSA) is 580 Å². The number of amides is 3. The number of nitrogens with two attached hydrogens (primary N) is 3. The number of benzene rings is 1. The van der Waals surface area contributed by atoms with Crippen molar-refractivity contribution in [2.45, 2.75) is 194 Å². The number of nitrogen functional groups attached to an aromatic ring is 1. The number of aliphatic carboxylic acids is 4. The molecule has 2 saturated heterocycles. The van der Waals surface area contributed by atoms with E-state index in [-0.39, 0.29) is 116 Å². The molecule has 0 bridgehead atoms. The van der Waals surface area contributed by atoms with Crippen molar-refractivity contribution in [1.29, 1.82) is 0 Å². The minimum atomic E-state index is -1.47. The largest absolute Gasteiger partial charge is 0.508 e. The average molecular weight is 1600 g/mol. The van der Waals surface area contributed by atoms with Gasteiger partial charge in [-0.1, -0.05) is 69.6 Å². The molecule has 39 heteroatoms. The van der Waals surface area contributed by atoms with Crippen LogP contribution >= 0.6 is 32.9 Å². The molecule has 2 fully saturated rings. The highest BCUT2D eigenvalue weighted by Crippen LogP contribution is 2.40. The fourth-order valence-electron chi connectivity index (χ4n) is 12.0. The van der Waals surface area contributed by atoms with Gasteiger partial charge in [0.05, 0.1) is 78.0 Å². The van der Waals surface area contributed by atoms with Gasteiger partial charge in [-0.05, 0) is 87.8 Å². The highest BCUT2D eigenvalue weighted by atomic mass is 33.1. The normalized spacial score (nSPS) is 20.7. The molecular formula is C71H100N14O22S3. The Kier molecular flexibility index (Phi) is 36.6. The van der Waals surface area contributed by atoms with Gasteiger partial charge in [0.1, 0.15) is 43.0 Å². The maximum Gasteiger partial charge on any atom is 0.508 e. The zero-order chi connectivity index (χ0) is 81.7. The average Bonchev–Trinajstić information content (AvgIpc) is 1.61. The first-order valence-electron chi connectivity index (χ1n) is 35.6. The number of ether oxygens (including phenoxy) is 3. The zero-order valence-electron chi connectivity index (χ0n) is 62.5. The summed E-state index contributed by atoms with van der Waals surface area (Å²) >= 11 is 1.50. The van der Waals surface area contributed by atoms with Gasteiger partial charge in [-0.3, -0.25) is 62.8 Å². The number of carboxylic acids is 4. The molecule has 36 nitrogen and oxygen atoms in total. The van der Waals surface area contributed by atoms with Gasteiger partial charge in [0.15, 0.2) is 22.9 Å². The van der Waals surface area contributed by atoms with E-state index in [0.717, 1.165) is 39.9 Å². The van der Waals surface area contributed by atoms with Crippen LogP contribution in [0.3, 0.4) is 0 Å². The van der Waals surface area contributed by atoms with Crippen molar-refractivity contribution < 1.29 is 102 Å². The summed E-state index contributed by atoms with van der Waals surface area (Å²) in [5, 5.41) is 72.7. The quantitative estimate of drug-likeness (QED) is 0.00757. The SMILES string of the molecule is C/C(=C\c1csc(C)n1)C1CC2C(CCCC(C)C(O)C(C)C(=O)C(C)(C)C(O)CC(=O)O1)N2CCOC(=O)OCCSSCC(NC(=O)C(C)CC(=O)O)C(=O)O.CCC(=O)C(CCCN=C(N)N)NC(=O)C(CC(=O)O)CC(=O)CCC(NC(=O)c1ccc(NCc2cnc3nc(N)[nH]c(=O)c3n2)cc1)C(=O)O. The Balaban J connectivity index is 0.000000396. The van der Waals surface area contributed by atoms with Gasteiger partial charge in [0, 0.05) is 90.8 Å². The predicted molar refractivity (Wildman–Crippen MR) is 407 cm³/mol. The summed E-state index contributed by atoms with van der Waals surface area (Å²) in [6.45, 7) is 14.3. The number of carbonyl (C=O) groups excluding carboxylic acids is 8. The molecule has 0 spiro atoms. The maximum atomic E-state index is 13.5. The number of thiazole rings is 1. The predicted octanol–water partition coefficient (Wildman–Crippen LogP) is 4.03. The van der Waals surface area contributed by atoms with Crippen LogP contribution in [0.1, 0.15) is 159 Å². The van der Waals surface area contributed by atoms with Gasteiger partial charge in [-0.25, -0.2) is 29.3 Å². The number of fused-ring (bicyclic) bond motifs is 2. The molecule has 4 aromatic rings. The van der Waals surface area contributed by atoms with E-state index in [1.165, 1.54) is 47.4 Å². The van der Waals surface area contributed by atoms with E-state index in [9.17, 15) is 87.9 Å². The molecule has 3 amide bonds. The van der Waals surface area contributed by atoms with Gasteiger partial charge >= 0.3 is 36.0 Å². The summed E-state index contributed by atoms with van der Waals surface area (Å²) in [5.74, 6) is -12.3. The summed E-state index contributed by atoms with van der Waals surface area (Å²) in [4.78, 5) is 186. The summed E-state index contributed by atoms with van der Waals surface area (Å²) in [6, 6.07) is 2.42. The fourth-order valence-corrected chi connectivity index (χ4v) is 14.5. The van der Waals surface area contributed by atoms with Crippen molar-refractivity contribution in [3.63, 3.8) is 0 Å². The lowest BCUT2D eigenvalue weighted by Gasteiger charge is -2.34. The van der Waals surface area contributed by atoms with Crippen molar-refractivity contribution in [3.05, 3.63) is 73.7 Å². The molecule has 13 atom stereocenters. The van der Waals surface area contributed by atoms with Crippen molar-refractivity contribution >= 4 is 139 Å². The van der Waals surface area contributed by atoms with Gasteiger partial charge < -0.3 is 83.3 Å². The maximum absolute atomic E-state index is 13.5. The van der Waals surface area contributed by atoms with Crippen molar-refractivity contribution in [3.8, 4) is 0 Å². The van der Waals surface area contributed by atoms with E-state index in [1.807, 2.05) is 32.2 Å². The standard InChI is InChI=1S/C39H59N3O13S3.C32H41N11O9/c1-21-9-8-10-28-29(42(28)11-12-53-38(52)54-13-14-57-58-20-27(37(50)51)41-36(49)23(3)16-32(44)45)17-30(22(2)15-26-19-56-25(5)40-26)55-33(46)18-31(43)39(6,7)35(48)24(4)34(21)47;1-2-23(45)21(4-3-11-36-31(33)34)40-28(49)17(13-24(46)47)12-20(44)9-10-22(30(51)52)41-27(48)16-5-7-18(8-6-16)37-14-19-15-38-26-25(39-19)29(50)43-32(35)42-26/h15,19,21,23-24,27-31,34,43,47H,8-14,16-18,20H2,1-7H3,(H,41,49)(H,44,45)(H,50,51);5-8,15,17,21-22,37H,2-4,9-14H2,1H3,(H,40,49)(H,41,48)(H,46,47)(H,51,52)(H4,33,34,36)(H3,35,38,42,43,50)/b22-15+;. The Morgan fingerprint density at radius 3 is 2.16 bits per heavy atom. The number of aromatic amines is 1. The van der Waals surface area contributed by atoms with Gasteiger partial charge in [-0.2, -0.15) is 4.98 Å². The van der Waals surface area contributed by atoms with E-state index in [0.29, 0.717) is 42.9 Å². The first kappa shape index (κ1) is 90.9. The van der Waals surface area contributed by atoms with Crippen molar-refractivity contribution in [2.24, 2.45) is 45.5 Å². The molecular weight excluding hydrogens is 1500 g/mol. The van der Waals surface area contributed by atoms with E-state index < -0.39 is 150 Å². The van der Waals surface area contributed by atoms with E-state index in [4.69, 9.17) is 36.5 Å². The van der Waals surface area contributed by atoms with Crippen molar-refractivity contribution in [1.82, 2.24) is 45.8 Å². The number of aryl methyl sites for hydroxylation is 1. The number of aliphatic imine (C=N–C) groups is 1. The second kappa shape index (κ2) is 44.2. The number of hydrogen-bond donors (Lipinski definition) is 14. The van der Waals surface area contributed by atoms with E-state index >= 15 is 0 Å². The number of cyclic esters (lactones) is 1. The molecule has 3 aromatic heterocycles. The van der Waals surface area contributed by atoms with Crippen LogP contribution in [0.2, 0.25) is 0 Å². The Labute approximate surface area is 645 Å². The number of carboxylic acid groups (broad SMARTS) is 4. The summed E-state index contributed by atoms with van der Waals surface area (Å²) in [5.41, 5.74) is 17.0. The molecule has 2 aliphatic heterocycles. The number of aliphatic hydroxyl groups excluding tert-OH is 2. The number of Topliss-reactive ketones (excluding diaryl/α,β-unsaturated/α-hetero) is 3. The number of esters is 1. The number of rotatable bonds is 37. The number of carbonyl (C=O) groups is 12. The molecule has 0 saturated carbocycles. The van der Waals surface area contributed by atoms with Crippen LogP contribution < -0.4 is 44.0 Å². The number of ketones is 3. The van der Waals surface area contributed by atoms with Gasteiger partial charge in [0.2, 0.25) is 17.8 Å². The monoisotopic (exact) mass is 1600 g/mol. The van der Waals surface area contributed by atoms with Crippen LogP contribution in [0.4, 0.5) is 16.4 Å². The number of guanidine groups is 1. The first-order valence-corrected chi connectivity index (χ1v) is 39.0. The molecule has 0 aliphatic carbocycles. The van der Waals surface area contributed by atoms with Crippen LogP contribution in [-0.4, -0.2) is 224 Å². The lowest BCUT2D eigenvalue weighted by molar-refractivity contribution is -0.155. The number of nitrogens with zero attached hydrogens (tertiary/aromatic N) is 6. The number of H-pyrrole nitrogens is 1. The van der Waals surface area contributed by atoms with Crippen molar-refractivity contribution in [2.75, 3.05) is 48.9 Å². The Bertz CT molecular complexity index is 4000. The lowest BCUT2D eigenvalue weighted by Crippen LogP contribution is -2.45.